The molecule has 188 valence electrons. The van der Waals surface area contributed by atoms with E-state index < -0.39 is 0 Å². The van der Waals surface area contributed by atoms with E-state index in [2.05, 4.69) is 17.8 Å². The predicted molar refractivity (Wildman–Crippen MR) is 143 cm³/mol. The van der Waals surface area contributed by atoms with Crippen LogP contribution >= 0.6 is 0 Å². The van der Waals surface area contributed by atoms with E-state index in [1.54, 1.807) is 6.07 Å². The Bertz CT molecular complexity index is 1270. The van der Waals surface area contributed by atoms with Gasteiger partial charge in [0.2, 0.25) is 5.91 Å². The van der Waals surface area contributed by atoms with Gasteiger partial charge in [-0.2, -0.15) is 0 Å². The third-order valence-electron chi connectivity index (χ3n) is 7.25. The molecule has 2 amide bonds. The zero-order chi connectivity index (χ0) is 26.0. The average Bonchev–Trinajstić information content (AvgIpc) is 2.83. The summed E-state index contributed by atoms with van der Waals surface area (Å²) in [7, 11) is 0. The fourth-order valence-electron chi connectivity index (χ4n) is 5.09. The van der Waals surface area contributed by atoms with Gasteiger partial charge in [-0.05, 0) is 117 Å². The van der Waals surface area contributed by atoms with Crippen molar-refractivity contribution in [3.8, 4) is 0 Å². The van der Waals surface area contributed by atoms with Crippen molar-refractivity contribution in [2.45, 2.75) is 53.9 Å². The number of hydrazine groups is 1. The molecular formula is C30H34FN3O2. The van der Waals surface area contributed by atoms with Crippen molar-refractivity contribution in [1.82, 2.24) is 5.43 Å². The largest absolute Gasteiger partial charge is 0.312 e. The van der Waals surface area contributed by atoms with E-state index in [0.29, 0.717) is 30.5 Å². The highest BCUT2D eigenvalue weighted by atomic mass is 19.1. The standard InChI is InChI=1S/C30H34FN3O2/c1-18-14-26(15-19(2)22(18)5)32-33-30(36)25-12-20(3)29(21(4)13-25)34-17-23(10-11-28(34)35)16-24-8-6-7-9-27(24)31/h6-9,12-15,23,32H,10-11,16-17H2,1-5H3,(H,33,36). The number of benzene rings is 3. The normalized spacial score (nSPS) is 15.7. The van der Waals surface area contributed by atoms with Crippen molar-refractivity contribution in [2.24, 2.45) is 5.92 Å². The lowest BCUT2D eigenvalue weighted by Crippen LogP contribution is -2.41. The molecule has 5 nitrogen and oxygen atoms in total. The van der Waals surface area contributed by atoms with E-state index in [0.717, 1.165) is 40.0 Å². The summed E-state index contributed by atoms with van der Waals surface area (Å²) in [6.45, 7) is 10.6. The van der Waals surface area contributed by atoms with Crippen LogP contribution in [-0.4, -0.2) is 18.4 Å². The maximum atomic E-state index is 14.2. The first-order valence-electron chi connectivity index (χ1n) is 12.4. The average molecular weight is 488 g/mol. The number of carbonyl (C=O) groups excluding carboxylic acids is 2. The smallest absolute Gasteiger partial charge is 0.269 e. The molecule has 0 saturated carbocycles. The molecule has 4 rings (SSSR count). The monoisotopic (exact) mass is 487 g/mol. The molecule has 0 spiro atoms. The van der Waals surface area contributed by atoms with Gasteiger partial charge in [0.1, 0.15) is 5.82 Å². The molecule has 36 heavy (non-hydrogen) atoms. The summed E-state index contributed by atoms with van der Waals surface area (Å²) in [4.78, 5) is 27.6. The van der Waals surface area contributed by atoms with Gasteiger partial charge in [0.25, 0.3) is 5.91 Å². The lowest BCUT2D eigenvalue weighted by atomic mass is 9.89. The number of carbonyl (C=O) groups is 2. The molecule has 1 heterocycles. The van der Waals surface area contributed by atoms with Crippen LogP contribution < -0.4 is 15.8 Å². The second kappa shape index (κ2) is 10.5. The molecule has 6 heteroatoms. The van der Waals surface area contributed by atoms with Crippen LogP contribution in [0.1, 0.15) is 56.6 Å². The molecule has 3 aromatic rings. The topological polar surface area (TPSA) is 61.4 Å². The summed E-state index contributed by atoms with van der Waals surface area (Å²) in [5.41, 5.74) is 13.9. The van der Waals surface area contributed by atoms with E-state index >= 15 is 0 Å². The fourth-order valence-corrected chi connectivity index (χ4v) is 5.09. The van der Waals surface area contributed by atoms with Crippen molar-refractivity contribution in [3.05, 3.63) is 93.3 Å². The first kappa shape index (κ1) is 25.4. The van der Waals surface area contributed by atoms with E-state index in [4.69, 9.17) is 0 Å². The minimum atomic E-state index is -0.244. The third kappa shape index (κ3) is 5.43. The Morgan fingerprint density at radius 1 is 0.972 bits per heavy atom. The molecule has 1 fully saturated rings. The Morgan fingerprint density at radius 2 is 1.61 bits per heavy atom. The van der Waals surface area contributed by atoms with Crippen molar-refractivity contribution >= 4 is 23.2 Å². The lowest BCUT2D eigenvalue weighted by molar-refractivity contribution is -0.120. The second-order valence-corrected chi connectivity index (χ2v) is 9.98. The van der Waals surface area contributed by atoms with Gasteiger partial charge < -0.3 is 4.90 Å². The zero-order valence-corrected chi connectivity index (χ0v) is 21.7. The van der Waals surface area contributed by atoms with Gasteiger partial charge in [-0.15, -0.1) is 0 Å². The summed E-state index contributed by atoms with van der Waals surface area (Å²) < 4.78 is 14.2. The Kier molecular flexibility index (Phi) is 7.43. The van der Waals surface area contributed by atoms with Gasteiger partial charge in [0, 0.05) is 24.2 Å². The van der Waals surface area contributed by atoms with Crippen molar-refractivity contribution < 1.29 is 14.0 Å². The number of rotatable bonds is 6. The number of nitrogens with zero attached hydrogens (tertiary/aromatic N) is 1. The number of hydrogen-bond acceptors (Lipinski definition) is 3. The van der Waals surface area contributed by atoms with E-state index in [-0.39, 0.29) is 23.5 Å². The number of aryl methyl sites for hydroxylation is 4. The Morgan fingerprint density at radius 3 is 2.25 bits per heavy atom. The van der Waals surface area contributed by atoms with E-state index in [9.17, 15) is 14.0 Å². The summed E-state index contributed by atoms with van der Waals surface area (Å²) in [5, 5.41) is 0. The molecule has 3 aromatic carbocycles. The summed E-state index contributed by atoms with van der Waals surface area (Å²) >= 11 is 0. The molecule has 0 aromatic heterocycles. The second-order valence-electron chi connectivity index (χ2n) is 9.98. The minimum absolute atomic E-state index is 0.0648. The Balaban J connectivity index is 1.49. The Labute approximate surface area is 212 Å². The molecule has 1 aliphatic heterocycles. The molecular weight excluding hydrogens is 453 g/mol. The molecule has 1 saturated heterocycles. The molecule has 1 unspecified atom stereocenters. The third-order valence-corrected chi connectivity index (χ3v) is 7.25. The molecule has 0 bridgehead atoms. The van der Waals surface area contributed by atoms with Crippen LogP contribution in [0.2, 0.25) is 0 Å². The summed E-state index contributed by atoms with van der Waals surface area (Å²) in [6, 6.07) is 14.5. The van der Waals surface area contributed by atoms with Crippen LogP contribution in [0.25, 0.3) is 0 Å². The van der Waals surface area contributed by atoms with Crippen LogP contribution in [0.15, 0.2) is 48.5 Å². The van der Waals surface area contributed by atoms with Crippen molar-refractivity contribution in [2.75, 3.05) is 16.9 Å². The van der Waals surface area contributed by atoms with Crippen LogP contribution in [0.5, 0.6) is 0 Å². The van der Waals surface area contributed by atoms with Gasteiger partial charge in [-0.25, -0.2) is 4.39 Å². The van der Waals surface area contributed by atoms with Crippen LogP contribution in [0, 0.1) is 46.4 Å². The van der Waals surface area contributed by atoms with Gasteiger partial charge in [0.05, 0.1) is 5.69 Å². The highest BCUT2D eigenvalue weighted by Gasteiger charge is 2.29. The Hall–Kier alpha value is -3.67. The van der Waals surface area contributed by atoms with Crippen LogP contribution in [-0.2, 0) is 11.2 Å². The lowest BCUT2D eigenvalue weighted by Gasteiger charge is -2.35. The maximum absolute atomic E-state index is 14.2. The number of amides is 2. The molecule has 1 atom stereocenters. The molecule has 0 radical (unpaired) electrons. The fraction of sp³-hybridized carbons (Fsp3) is 0.333. The number of hydrogen-bond donors (Lipinski definition) is 2. The minimum Gasteiger partial charge on any atom is -0.312 e. The van der Waals surface area contributed by atoms with Gasteiger partial charge >= 0.3 is 0 Å². The highest BCUT2D eigenvalue weighted by molar-refractivity contribution is 5.99. The first-order chi connectivity index (χ1) is 17.1. The maximum Gasteiger partial charge on any atom is 0.269 e. The summed E-state index contributed by atoms with van der Waals surface area (Å²) in [6.07, 6.45) is 1.77. The zero-order valence-electron chi connectivity index (χ0n) is 21.7. The van der Waals surface area contributed by atoms with Gasteiger partial charge in [-0.3, -0.25) is 20.4 Å². The van der Waals surface area contributed by atoms with Crippen molar-refractivity contribution in [1.29, 1.82) is 0 Å². The van der Waals surface area contributed by atoms with Crippen molar-refractivity contribution in [3.63, 3.8) is 0 Å². The molecule has 1 aliphatic rings. The van der Waals surface area contributed by atoms with Gasteiger partial charge in [-0.1, -0.05) is 18.2 Å². The number of nitrogens with one attached hydrogen (secondary N) is 2. The first-order valence-corrected chi connectivity index (χ1v) is 12.4. The van der Waals surface area contributed by atoms with Crippen LogP contribution in [0.3, 0.4) is 0 Å². The quantitative estimate of drug-likeness (QED) is 0.413. The van der Waals surface area contributed by atoms with E-state index in [1.165, 1.54) is 11.6 Å². The van der Waals surface area contributed by atoms with Crippen LogP contribution in [0.4, 0.5) is 15.8 Å². The SMILES string of the molecule is Cc1cc(NNC(=O)c2cc(C)c(N3CC(Cc4ccccc4F)CCC3=O)c(C)c2)cc(C)c1C. The predicted octanol–water partition coefficient (Wildman–Crippen LogP) is 6.11. The number of piperidine rings is 1. The highest BCUT2D eigenvalue weighted by Crippen LogP contribution is 2.32. The number of halogens is 1. The molecule has 2 N–H and O–H groups in total. The summed E-state index contributed by atoms with van der Waals surface area (Å²) in [5.74, 6) is -0.207. The van der Waals surface area contributed by atoms with E-state index in [1.807, 2.05) is 69.0 Å². The number of anilines is 2. The molecule has 0 aliphatic carbocycles. The van der Waals surface area contributed by atoms with Gasteiger partial charge in [0.15, 0.2) is 0 Å².